The quantitative estimate of drug-likeness (QED) is 0.741. The first-order valence-corrected chi connectivity index (χ1v) is 8.12. The summed E-state index contributed by atoms with van der Waals surface area (Å²) in [6.45, 7) is 0.150. The van der Waals surface area contributed by atoms with Crippen LogP contribution in [0.4, 0.5) is 5.69 Å². The van der Waals surface area contributed by atoms with Gasteiger partial charge in [0.25, 0.3) is 5.91 Å². The molecule has 1 aromatic heterocycles. The summed E-state index contributed by atoms with van der Waals surface area (Å²) in [6.07, 6.45) is 0. The molecule has 0 aliphatic heterocycles. The van der Waals surface area contributed by atoms with Crippen LogP contribution in [-0.2, 0) is 0 Å². The molecule has 5 nitrogen and oxygen atoms in total. The fraction of sp³-hybridized carbons (Fsp3) is 0.143. The number of rotatable bonds is 3. The molecule has 1 amide bonds. The first kappa shape index (κ1) is 17.3. The molecule has 3 aromatic rings. The van der Waals surface area contributed by atoms with Crippen LogP contribution in [0.25, 0.3) is 11.0 Å². The molecule has 26 heavy (non-hydrogen) atoms. The van der Waals surface area contributed by atoms with Crippen LogP contribution in [-0.4, -0.2) is 26.5 Å². The smallest absolute Gasteiger partial charge is 0.287 e. The van der Waals surface area contributed by atoms with Crippen molar-refractivity contribution in [3.63, 3.8) is 0 Å². The summed E-state index contributed by atoms with van der Waals surface area (Å²) >= 11 is 0. The van der Waals surface area contributed by atoms with Crippen LogP contribution < -0.4 is 15.6 Å². The van der Waals surface area contributed by atoms with E-state index >= 15 is 0 Å². The maximum absolute atomic E-state index is 12.2. The molecule has 2 aromatic carbocycles. The van der Waals surface area contributed by atoms with Crippen LogP contribution in [0.15, 0.2) is 63.8 Å². The lowest BCUT2D eigenvalue weighted by atomic mass is 10.1. The molecule has 0 atom stereocenters. The van der Waals surface area contributed by atoms with Crippen LogP contribution in [0.1, 0.15) is 16.1 Å². The van der Waals surface area contributed by atoms with E-state index in [1.54, 1.807) is 24.3 Å². The first-order valence-electron chi connectivity index (χ1n) is 8.12. The lowest BCUT2D eigenvalue weighted by Crippen LogP contribution is -2.24. The van der Waals surface area contributed by atoms with Gasteiger partial charge < -0.3 is 14.6 Å². The fourth-order valence-electron chi connectivity index (χ4n) is 2.54. The Morgan fingerprint density at radius 2 is 1.85 bits per heavy atom. The molecule has 1 N–H and O–H groups in total. The molecule has 0 aliphatic rings. The molecular weight excluding hydrogens is 328 g/mol. The van der Waals surface area contributed by atoms with Gasteiger partial charge in [0.05, 0.1) is 17.6 Å². The number of hydrogen-bond acceptors (Lipinski definition) is 4. The Kier molecular flexibility index (Phi) is 5.04. The van der Waals surface area contributed by atoms with E-state index in [-0.39, 0.29) is 17.7 Å². The van der Waals surface area contributed by atoms with E-state index in [1.807, 2.05) is 43.3 Å². The molecule has 0 aliphatic carbocycles. The average Bonchev–Trinajstić information content (AvgIpc) is 2.65. The minimum absolute atomic E-state index is 0.0239. The van der Waals surface area contributed by atoms with Gasteiger partial charge in [-0.2, -0.15) is 0 Å². The van der Waals surface area contributed by atoms with Gasteiger partial charge in [0.1, 0.15) is 5.58 Å². The second kappa shape index (κ2) is 7.58. The third-order valence-electron chi connectivity index (χ3n) is 3.80. The normalized spacial score (nSPS) is 10.1. The second-order valence-electron chi connectivity index (χ2n) is 5.87. The van der Waals surface area contributed by atoms with E-state index in [0.717, 1.165) is 11.3 Å². The van der Waals surface area contributed by atoms with Crippen molar-refractivity contribution >= 4 is 22.6 Å². The van der Waals surface area contributed by atoms with Gasteiger partial charge in [0.15, 0.2) is 11.2 Å². The van der Waals surface area contributed by atoms with Crippen molar-refractivity contribution in [1.82, 2.24) is 5.32 Å². The minimum Gasteiger partial charge on any atom is -0.451 e. The Hall–Kier alpha value is -3.52. The summed E-state index contributed by atoms with van der Waals surface area (Å²) < 4.78 is 5.50. The SMILES string of the molecule is CN(C)c1ccccc1C#CCNC(=O)c1cc(=O)c2ccccc2o1. The largest absolute Gasteiger partial charge is 0.451 e. The number of nitrogens with zero attached hydrogens (tertiary/aromatic N) is 1. The van der Waals surface area contributed by atoms with E-state index in [4.69, 9.17) is 4.42 Å². The van der Waals surface area contributed by atoms with E-state index < -0.39 is 5.91 Å². The molecule has 0 saturated heterocycles. The van der Waals surface area contributed by atoms with Crippen LogP contribution in [0.5, 0.6) is 0 Å². The molecule has 3 rings (SSSR count). The van der Waals surface area contributed by atoms with Gasteiger partial charge in [-0.15, -0.1) is 0 Å². The van der Waals surface area contributed by atoms with E-state index in [0.29, 0.717) is 11.0 Å². The molecule has 0 spiro atoms. The average molecular weight is 346 g/mol. The third-order valence-corrected chi connectivity index (χ3v) is 3.80. The number of carbonyl (C=O) groups is 1. The van der Waals surface area contributed by atoms with E-state index in [1.165, 1.54) is 6.07 Å². The Balaban J connectivity index is 1.72. The monoisotopic (exact) mass is 346 g/mol. The molecule has 5 heteroatoms. The first-order chi connectivity index (χ1) is 12.6. The lowest BCUT2D eigenvalue weighted by molar-refractivity contribution is 0.0931. The van der Waals surface area contributed by atoms with Crippen LogP contribution in [0, 0.1) is 11.8 Å². The number of benzene rings is 2. The molecule has 1 heterocycles. The molecule has 0 radical (unpaired) electrons. The van der Waals surface area contributed by atoms with Crippen molar-refractivity contribution in [3.8, 4) is 11.8 Å². The van der Waals surface area contributed by atoms with Crippen LogP contribution in [0.3, 0.4) is 0 Å². The second-order valence-corrected chi connectivity index (χ2v) is 5.87. The van der Waals surface area contributed by atoms with Crippen molar-refractivity contribution in [2.75, 3.05) is 25.5 Å². The van der Waals surface area contributed by atoms with Gasteiger partial charge in [0.2, 0.25) is 0 Å². The van der Waals surface area contributed by atoms with Crippen LogP contribution >= 0.6 is 0 Å². The zero-order chi connectivity index (χ0) is 18.5. The predicted molar refractivity (Wildman–Crippen MR) is 102 cm³/mol. The third kappa shape index (κ3) is 3.76. The maximum atomic E-state index is 12.2. The Bertz CT molecular complexity index is 1070. The van der Waals surface area contributed by atoms with Gasteiger partial charge in [-0.05, 0) is 24.3 Å². The zero-order valence-electron chi connectivity index (χ0n) is 14.6. The van der Waals surface area contributed by atoms with Gasteiger partial charge >= 0.3 is 0 Å². The lowest BCUT2D eigenvalue weighted by Gasteiger charge is -2.13. The fourth-order valence-corrected chi connectivity index (χ4v) is 2.54. The number of nitrogens with one attached hydrogen (secondary N) is 1. The summed E-state index contributed by atoms with van der Waals surface area (Å²) in [5, 5.41) is 3.10. The molecule has 130 valence electrons. The van der Waals surface area contributed by atoms with Crippen molar-refractivity contribution in [1.29, 1.82) is 0 Å². The van der Waals surface area contributed by atoms with Gasteiger partial charge in [0, 0.05) is 25.7 Å². The highest BCUT2D eigenvalue weighted by molar-refractivity contribution is 5.93. The number of para-hydroxylation sites is 2. The standard InChI is InChI=1S/C21H18N2O3/c1-23(2)17-11-5-3-8-15(17)9-7-13-22-21(25)20-14-18(24)16-10-4-6-12-19(16)26-20/h3-6,8,10-12,14H,13H2,1-2H3,(H,22,25). The number of amides is 1. The van der Waals surface area contributed by atoms with Crippen molar-refractivity contribution in [2.24, 2.45) is 0 Å². The van der Waals surface area contributed by atoms with E-state index in [9.17, 15) is 9.59 Å². The Morgan fingerprint density at radius 3 is 2.65 bits per heavy atom. The Morgan fingerprint density at radius 1 is 1.12 bits per heavy atom. The summed E-state index contributed by atoms with van der Waals surface area (Å²) in [5.74, 6) is 5.47. The summed E-state index contributed by atoms with van der Waals surface area (Å²) in [4.78, 5) is 26.2. The molecule has 0 saturated carbocycles. The van der Waals surface area contributed by atoms with Crippen molar-refractivity contribution in [3.05, 3.63) is 76.1 Å². The number of carbonyl (C=O) groups excluding carboxylic acids is 1. The highest BCUT2D eigenvalue weighted by Gasteiger charge is 2.11. The molecule has 0 unspecified atom stereocenters. The number of fused-ring (bicyclic) bond motifs is 1. The molecular formula is C21H18N2O3. The summed E-state index contributed by atoms with van der Waals surface area (Å²) in [7, 11) is 3.90. The van der Waals surface area contributed by atoms with E-state index in [2.05, 4.69) is 17.2 Å². The summed E-state index contributed by atoms with van der Waals surface area (Å²) in [5.41, 5.74) is 2.02. The zero-order valence-corrected chi connectivity index (χ0v) is 14.6. The topological polar surface area (TPSA) is 62.6 Å². The predicted octanol–water partition coefficient (Wildman–Crippen LogP) is 2.64. The molecule has 0 fully saturated rings. The van der Waals surface area contributed by atoms with Gasteiger partial charge in [-0.3, -0.25) is 9.59 Å². The van der Waals surface area contributed by atoms with Gasteiger partial charge in [-0.1, -0.05) is 36.1 Å². The Labute approximate surface area is 151 Å². The minimum atomic E-state index is -0.469. The van der Waals surface area contributed by atoms with Crippen LogP contribution in [0.2, 0.25) is 0 Å². The van der Waals surface area contributed by atoms with Crippen molar-refractivity contribution in [2.45, 2.75) is 0 Å². The highest BCUT2D eigenvalue weighted by atomic mass is 16.3. The van der Waals surface area contributed by atoms with Gasteiger partial charge in [-0.25, -0.2) is 0 Å². The number of hydrogen-bond donors (Lipinski definition) is 1. The van der Waals surface area contributed by atoms with Crippen molar-refractivity contribution < 1.29 is 9.21 Å². The maximum Gasteiger partial charge on any atom is 0.287 e. The molecule has 0 bridgehead atoms. The summed E-state index contributed by atoms with van der Waals surface area (Å²) in [6, 6.07) is 15.8. The highest BCUT2D eigenvalue weighted by Crippen LogP contribution is 2.16. The number of anilines is 1.